The maximum Gasteiger partial charge on any atom is 0.223 e. The summed E-state index contributed by atoms with van der Waals surface area (Å²) in [5.41, 5.74) is 2.57. The lowest BCUT2D eigenvalue weighted by atomic mass is 9.94. The summed E-state index contributed by atoms with van der Waals surface area (Å²) in [5, 5.41) is 4.09. The maximum absolute atomic E-state index is 12.8. The van der Waals surface area contributed by atoms with E-state index in [0.717, 1.165) is 38.9 Å². The van der Waals surface area contributed by atoms with Crippen LogP contribution in [0.1, 0.15) is 49.3 Å². The molecule has 1 aliphatic rings. The summed E-state index contributed by atoms with van der Waals surface area (Å²) < 4.78 is 1.78. The largest absolute Gasteiger partial charge is 0.336 e. The van der Waals surface area contributed by atoms with Crippen LogP contribution in [0.3, 0.4) is 0 Å². The molecule has 0 N–H and O–H groups in total. The molecule has 1 aliphatic heterocycles. The molecule has 2 aromatic rings. The standard InChI is InChI=1S/C20H29N5O/c1-23(2)14-17-8-10-18(11-9-17)19-6-3-4-13-25(19)20(26)7-5-12-24-16-21-15-22-24/h8-11,15-16,19H,3-7,12-14H2,1-2H3/t19-/m0/s1. The first-order chi connectivity index (χ1) is 12.6. The van der Waals surface area contributed by atoms with E-state index in [4.69, 9.17) is 0 Å². The summed E-state index contributed by atoms with van der Waals surface area (Å²) in [5.74, 6) is 0.257. The third-order valence-corrected chi connectivity index (χ3v) is 4.93. The van der Waals surface area contributed by atoms with Crippen molar-refractivity contribution in [3.63, 3.8) is 0 Å². The Morgan fingerprint density at radius 1 is 1.23 bits per heavy atom. The number of carbonyl (C=O) groups excluding carboxylic acids is 1. The van der Waals surface area contributed by atoms with Gasteiger partial charge in [-0.1, -0.05) is 24.3 Å². The zero-order chi connectivity index (χ0) is 18.4. The number of piperidine rings is 1. The first kappa shape index (κ1) is 18.6. The second kappa shape index (κ2) is 8.94. The third-order valence-electron chi connectivity index (χ3n) is 4.93. The Morgan fingerprint density at radius 3 is 2.73 bits per heavy atom. The van der Waals surface area contributed by atoms with Gasteiger partial charge in [-0.15, -0.1) is 0 Å². The van der Waals surface area contributed by atoms with E-state index in [1.165, 1.54) is 23.9 Å². The predicted octanol–water partition coefficient (Wildman–Crippen LogP) is 2.87. The summed E-state index contributed by atoms with van der Waals surface area (Å²) in [4.78, 5) is 21.0. The lowest BCUT2D eigenvalue weighted by Crippen LogP contribution is -2.38. The molecule has 0 unspecified atom stereocenters. The molecule has 1 aromatic carbocycles. The van der Waals surface area contributed by atoms with Crippen molar-refractivity contribution in [1.29, 1.82) is 0 Å². The van der Waals surface area contributed by atoms with Crippen LogP contribution in [-0.4, -0.2) is 51.1 Å². The third kappa shape index (κ3) is 4.91. The number of benzene rings is 1. The van der Waals surface area contributed by atoms with Gasteiger partial charge in [0.1, 0.15) is 12.7 Å². The summed E-state index contributed by atoms with van der Waals surface area (Å²) in [7, 11) is 4.16. The highest BCUT2D eigenvalue weighted by Crippen LogP contribution is 2.31. The molecule has 1 amide bonds. The molecule has 140 valence electrons. The van der Waals surface area contributed by atoms with Gasteiger partial charge in [-0.05, 0) is 50.9 Å². The van der Waals surface area contributed by atoms with Gasteiger partial charge in [0.05, 0.1) is 6.04 Å². The van der Waals surface area contributed by atoms with E-state index < -0.39 is 0 Å². The van der Waals surface area contributed by atoms with Gasteiger partial charge in [0.2, 0.25) is 5.91 Å². The van der Waals surface area contributed by atoms with Gasteiger partial charge in [0.15, 0.2) is 0 Å². The topological polar surface area (TPSA) is 54.3 Å². The Balaban J connectivity index is 1.60. The van der Waals surface area contributed by atoms with Gasteiger partial charge >= 0.3 is 0 Å². The van der Waals surface area contributed by atoms with Gasteiger partial charge in [0, 0.05) is 26.1 Å². The quantitative estimate of drug-likeness (QED) is 0.766. The Morgan fingerprint density at radius 2 is 2.04 bits per heavy atom. The Labute approximate surface area is 155 Å². The molecule has 0 saturated carbocycles. The molecule has 6 heteroatoms. The average molecular weight is 355 g/mol. The number of hydrogen-bond donors (Lipinski definition) is 0. The molecule has 1 fully saturated rings. The van der Waals surface area contributed by atoms with Crippen molar-refractivity contribution in [3.8, 4) is 0 Å². The molecular formula is C20H29N5O. The van der Waals surface area contributed by atoms with E-state index >= 15 is 0 Å². The molecule has 0 spiro atoms. The SMILES string of the molecule is CN(C)Cc1ccc([C@@H]2CCCCN2C(=O)CCCn2cncn2)cc1. The molecular weight excluding hydrogens is 326 g/mol. The lowest BCUT2D eigenvalue weighted by molar-refractivity contribution is -0.135. The molecule has 0 radical (unpaired) electrons. The van der Waals surface area contributed by atoms with Crippen molar-refractivity contribution < 1.29 is 4.79 Å². The number of aryl methyl sites for hydroxylation is 1. The molecule has 1 saturated heterocycles. The highest BCUT2D eigenvalue weighted by Gasteiger charge is 2.27. The maximum atomic E-state index is 12.8. The van der Waals surface area contributed by atoms with Crippen LogP contribution in [0.2, 0.25) is 0 Å². The van der Waals surface area contributed by atoms with Crippen LogP contribution < -0.4 is 0 Å². The van der Waals surface area contributed by atoms with Gasteiger partial charge in [-0.2, -0.15) is 5.10 Å². The minimum atomic E-state index is 0.219. The lowest BCUT2D eigenvalue weighted by Gasteiger charge is -2.36. The number of hydrogen-bond acceptors (Lipinski definition) is 4. The molecule has 0 bridgehead atoms. The molecule has 26 heavy (non-hydrogen) atoms. The van der Waals surface area contributed by atoms with Crippen molar-refractivity contribution >= 4 is 5.91 Å². The number of amides is 1. The van der Waals surface area contributed by atoms with Crippen LogP contribution in [0, 0.1) is 0 Å². The van der Waals surface area contributed by atoms with Crippen molar-refractivity contribution in [2.75, 3.05) is 20.6 Å². The first-order valence-corrected chi connectivity index (χ1v) is 9.49. The van der Waals surface area contributed by atoms with Crippen molar-refractivity contribution in [1.82, 2.24) is 24.6 Å². The molecule has 6 nitrogen and oxygen atoms in total. The van der Waals surface area contributed by atoms with E-state index in [9.17, 15) is 4.79 Å². The van der Waals surface area contributed by atoms with Crippen LogP contribution >= 0.6 is 0 Å². The highest BCUT2D eigenvalue weighted by molar-refractivity contribution is 5.76. The Hall–Kier alpha value is -2.21. The Kier molecular flexibility index (Phi) is 6.39. The number of aromatic nitrogens is 3. The van der Waals surface area contributed by atoms with Crippen molar-refractivity contribution in [2.24, 2.45) is 0 Å². The van der Waals surface area contributed by atoms with Crippen molar-refractivity contribution in [2.45, 2.75) is 51.2 Å². The highest BCUT2D eigenvalue weighted by atomic mass is 16.2. The van der Waals surface area contributed by atoms with Gasteiger partial charge in [0.25, 0.3) is 0 Å². The summed E-state index contributed by atoms with van der Waals surface area (Å²) in [6.07, 6.45) is 7.94. The fourth-order valence-corrected chi connectivity index (χ4v) is 3.67. The second-order valence-corrected chi connectivity index (χ2v) is 7.34. The van der Waals surface area contributed by atoms with E-state index in [-0.39, 0.29) is 11.9 Å². The van der Waals surface area contributed by atoms with Crippen LogP contribution in [0.15, 0.2) is 36.9 Å². The summed E-state index contributed by atoms with van der Waals surface area (Å²) in [6.45, 7) is 2.55. The normalized spacial score (nSPS) is 17.7. The molecule has 0 aliphatic carbocycles. The van der Waals surface area contributed by atoms with E-state index in [0.29, 0.717) is 6.42 Å². The Bertz CT molecular complexity index is 681. The zero-order valence-corrected chi connectivity index (χ0v) is 15.8. The van der Waals surface area contributed by atoms with E-state index in [2.05, 4.69) is 58.2 Å². The van der Waals surface area contributed by atoms with E-state index in [1.54, 1.807) is 11.0 Å². The van der Waals surface area contributed by atoms with Gasteiger partial charge < -0.3 is 9.80 Å². The average Bonchev–Trinajstić information content (AvgIpc) is 3.15. The molecule has 2 heterocycles. The monoisotopic (exact) mass is 355 g/mol. The van der Waals surface area contributed by atoms with Crippen LogP contribution in [-0.2, 0) is 17.9 Å². The van der Waals surface area contributed by atoms with Crippen LogP contribution in [0.25, 0.3) is 0 Å². The van der Waals surface area contributed by atoms with E-state index in [1.807, 2.05) is 0 Å². The smallest absolute Gasteiger partial charge is 0.223 e. The molecule has 3 rings (SSSR count). The first-order valence-electron chi connectivity index (χ1n) is 9.49. The van der Waals surface area contributed by atoms with Crippen LogP contribution in [0.4, 0.5) is 0 Å². The number of nitrogens with zero attached hydrogens (tertiary/aromatic N) is 5. The predicted molar refractivity (Wildman–Crippen MR) is 101 cm³/mol. The van der Waals surface area contributed by atoms with Crippen LogP contribution in [0.5, 0.6) is 0 Å². The zero-order valence-electron chi connectivity index (χ0n) is 15.8. The fourth-order valence-electron chi connectivity index (χ4n) is 3.67. The summed E-state index contributed by atoms with van der Waals surface area (Å²) in [6, 6.07) is 9.00. The molecule has 1 atom stereocenters. The number of carbonyl (C=O) groups is 1. The minimum Gasteiger partial charge on any atom is -0.336 e. The minimum absolute atomic E-state index is 0.219. The number of likely N-dealkylation sites (tertiary alicyclic amines) is 1. The van der Waals surface area contributed by atoms with Gasteiger partial charge in [-0.3, -0.25) is 9.48 Å². The number of rotatable bonds is 7. The molecule has 1 aromatic heterocycles. The van der Waals surface area contributed by atoms with Crippen molar-refractivity contribution in [3.05, 3.63) is 48.0 Å². The second-order valence-electron chi connectivity index (χ2n) is 7.34. The summed E-state index contributed by atoms with van der Waals surface area (Å²) >= 11 is 0. The van der Waals surface area contributed by atoms with Gasteiger partial charge in [-0.25, -0.2) is 4.98 Å². The fraction of sp³-hybridized carbons (Fsp3) is 0.550.